The molecule has 1 atom stereocenters. The number of aromatic nitrogens is 2. The molecule has 0 aliphatic heterocycles. The minimum Gasteiger partial charge on any atom is -0.481 e. The molecular formula is C12H19N3O3S. The topological polar surface area (TPSA) is 92.2 Å². The van der Waals surface area contributed by atoms with E-state index in [1.807, 2.05) is 6.92 Å². The Balaban J connectivity index is 2.30. The molecule has 1 aromatic heterocycles. The van der Waals surface area contributed by atoms with Crippen molar-refractivity contribution in [1.29, 1.82) is 0 Å². The Morgan fingerprint density at radius 3 is 2.68 bits per heavy atom. The van der Waals surface area contributed by atoms with Gasteiger partial charge in [0.1, 0.15) is 4.88 Å². The maximum Gasteiger partial charge on any atom is 0.303 e. The molecule has 0 radical (unpaired) electrons. The van der Waals surface area contributed by atoms with Crippen LogP contribution in [0.2, 0.25) is 0 Å². The smallest absolute Gasteiger partial charge is 0.303 e. The van der Waals surface area contributed by atoms with Crippen LogP contribution in [0.4, 0.5) is 0 Å². The molecule has 7 heteroatoms. The fourth-order valence-corrected chi connectivity index (χ4v) is 2.36. The minimum atomic E-state index is -0.770. The first-order valence-corrected chi connectivity index (χ1v) is 7.10. The Kier molecular flexibility index (Phi) is 6.41. The average Bonchev–Trinajstić information content (AvgIpc) is 2.79. The second kappa shape index (κ2) is 7.83. The van der Waals surface area contributed by atoms with Crippen LogP contribution in [0.15, 0.2) is 0 Å². The van der Waals surface area contributed by atoms with Crippen molar-refractivity contribution >= 4 is 23.4 Å². The summed E-state index contributed by atoms with van der Waals surface area (Å²) in [4.78, 5) is 22.8. The molecule has 0 aliphatic rings. The van der Waals surface area contributed by atoms with Crippen molar-refractivity contribution in [3.63, 3.8) is 0 Å². The fraction of sp³-hybridized carbons (Fsp3) is 0.667. The molecule has 1 aromatic rings. The lowest BCUT2D eigenvalue weighted by atomic mass is 9.97. The van der Waals surface area contributed by atoms with Crippen molar-refractivity contribution in [3.8, 4) is 0 Å². The number of carboxylic acid groups (broad SMARTS) is 1. The van der Waals surface area contributed by atoms with E-state index in [1.54, 1.807) is 6.92 Å². The summed E-state index contributed by atoms with van der Waals surface area (Å²) in [6, 6.07) is 0. The van der Waals surface area contributed by atoms with Crippen LogP contribution in [0.25, 0.3) is 0 Å². The molecule has 0 aliphatic carbocycles. The van der Waals surface area contributed by atoms with E-state index in [4.69, 9.17) is 5.11 Å². The zero-order chi connectivity index (χ0) is 14.3. The van der Waals surface area contributed by atoms with E-state index in [2.05, 4.69) is 14.9 Å². The van der Waals surface area contributed by atoms with Crippen LogP contribution in [-0.2, 0) is 4.79 Å². The number of rotatable bonds is 8. The third-order valence-electron chi connectivity index (χ3n) is 3.04. The van der Waals surface area contributed by atoms with Crippen molar-refractivity contribution in [2.24, 2.45) is 5.92 Å². The number of nitrogens with one attached hydrogen (secondary N) is 1. The lowest BCUT2D eigenvalue weighted by Gasteiger charge is -2.13. The summed E-state index contributed by atoms with van der Waals surface area (Å²) < 4.78 is 3.72. The lowest BCUT2D eigenvalue weighted by molar-refractivity contribution is -0.137. The van der Waals surface area contributed by atoms with E-state index in [0.717, 1.165) is 24.4 Å². The second-order valence-electron chi connectivity index (χ2n) is 4.44. The van der Waals surface area contributed by atoms with Gasteiger partial charge in [-0.2, -0.15) is 0 Å². The molecule has 1 heterocycles. The molecule has 0 fully saturated rings. The minimum absolute atomic E-state index is 0.152. The highest BCUT2D eigenvalue weighted by Gasteiger charge is 2.14. The maximum atomic E-state index is 11.8. The second-order valence-corrected chi connectivity index (χ2v) is 5.19. The normalized spacial score (nSPS) is 12.1. The largest absolute Gasteiger partial charge is 0.481 e. The Morgan fingerprint density at radius 2 is 2.16 bits per heavy atom. The molecule has 0 spiro atoms. The van der Waals surface area contributed by atoms with Crippen molar-refractivity contribution in [2.45, 2.75) is 39.5 Å². The SMILES string of the molecule is CCC(CCNC(=O)c1snnc1C)CCC(=O)O. The summed E-state index contributed by atoms with van der Waals surface area (Å²) in [5.74, 6) is -0.591. The Bertz CT molecular complexity index is 434. The number of nitrogens with zero attached hydrogens (tertiary/aromatic N) is 2. The van der Waals surface area contributed by atoms with E-state index < -0.39 is 5.97 Å². The van der Waals surface area contributed by atoms with Gasteiger partial charge in [-0.3, -0.25) is 9.59 Å². The number of carboxylic acids is 1. The van der Waals surface area contributed by atoms with Gasteiger partial charge in [0.15, 0.2) is 0 Å². The number of amides is 1. The number of carbonyl (C=O) groups is 2. The summed E-state index contributed by atoms with van der Waals surface area (Å²) in [5.41, 5.74) is 0.639. The van der Waals surface area contributed by atoms with Crippen LogP contribution in [0, 0.1) is 12.8 Å². The van der Waals surface area contributed by atoms with E-state index >= 15 is 0 Å². The highest BCUT2D eigenvalue weighted by Crippen LogP contribution is 2.15. The molecule has 1 unspecified atom stereocenters. The van der Waals surface area contributed by atoms with Crippen molar-refractivity contribution in [1.82, 2.24) is 14.9 Å². The summed E-state index contributed by atoms with van der Waals surface area (Å²) in [6.07, 6.45) is 2.55. The molecule has 0 saturated heterocycles. The zero-order valence-electron chi connectivity index (χ0n) is 11.2. The first-order valence-electron chi connectivity index (χ1n) is 6.33. The van der Waals surface area contributed by atoms with E-state index in [-0.39, 0.29) is 12.3 Å². The van der Waals surface area contributed by atoms with Crippen molar-refractivity contribution in [2.75, 3.05) is 6.54 Å². The lowest BCUT2D eigenvalue weighted by Crippen LogP contribution is -2.25. The van der Waals surface area contributed by atoms with Crippen molar-refractivity contribution in [3.05, 3.63) is 10.6 Å². The summed E-state index contributed by atoms with van der Waals surface area (Å²) >= 11 is 1.09. The molecule has 106 valence electrons. The van der Waals surface area contributed by atoms with Gasteiger partial charge < -0.3 is 10.4 Å². The Labute approximate surface area is 116 Å². The number of carbonyl (C=O) groups excluding carboxylic acids is 1. The van der Waals surface area contributed by atoms with E-state index in [0.29, 0.717) is 29.5 Å². The summed E-state index contributed by atoms with van der Waals surface area (Å²) in [5, 5.41) is 15.3. The summed E-state index contributed by atoms with van der Waals surface area (Å²) in [6.45, 7) is 4.33. The molecule has 6 nitrogen and oxygen atoms in total. The maximum absolute atomic E-state index is 11.8. The standard InChI is InChI=1S/C12H19N3O3S/c1-3-9(4-5-10(16)17)6-7-13-12(18)11-8(2)14-15-19-11/h9H,3-7H2,1-2H3,(H,13,18)(H,16,17). The van der Waals surface area contributed by atoms with Gasteiger partial charge in [-0.05, 0) is 37.2 Å². The van der Waals surface area contributed by atoms with Gasteiger partial charge in [0.2, 0.25) is 0 Å². The van der Waals surface area contributed by atoms with Gasteiger partial charge in [-0.25, -0.2) is 0 Å². The van der Waals surface area contributed by atoms with Gasteiger partial charge in [0.25, 0.3) is 5.91 Å². The van der Waals surface area contributed by atoms with Crippen molar-refractivity contribution < 1.29 is 14.7 Å². The van der Waals surface area contributed by atoms with Crippen LogP contribution in [0.5, 0.6) is 0 Å². The highest BCUT2D eigenvalue weighted by atomic mass is 32.1. The first-order chi connectivity index (χ1) is 9.04. The number of aliphatic carboxylic acids is 1. The van der Waals surface area contributed by atoms with Gasteiger partial charge in [0.05, 0.1) is 5.69 Å². The van der Waals surface area contributed by atoms with Crippen LogP contribution >= 0.6 is 11.5 Å². The Morgan fingerprint density at radius 1 is 1.42 bits per heavy atom. The molecule has 1 rings (SSSR count). The summed E-state index contributed by atoms with van der Waals surface area (Å²) in [7, 11) is 0. The number of hydrogen-bond acceptors (Lipinski definition) is 5. The predicted molar refractivity (Wildman–Crippen MR) is 72.2 cm³/mol. The quantitative estimate of drug-likeness (QED) is 0.760. The highest BCUT2D eigenvalue weighted by molar-refractivity contribution is 7.07. The molecule has 2 N–H and O–H groups in total. The first kappa shape index (κ1) is 15.6. The van der Waals surface area contributed by atoms with E-state index in [9.17, 15) is 9.59 Å². The molecular weight excluding hydrogens is 266 g/mol. The van der Waals surface area contributed by atoms with Gasteiger partial charge in [-0.1, -0.05) is 17.8 Å². The van der Waals surface area contributed by atoms with Crippen LogP contribution in [0.1, 0.15) is 48.0 Å². The molecule has 0 saturated carbocycles. The number of hydrogen-bond donors (Lipinski definition) is 2. The molecule has 1 amide bonds. The van der Waals surface area contributed by atoms with Crippen LogP contribution in [-0.4, -0.2) is 33.1 Å². The average molecular weight is 285 g/mol. The van der Waals surface area contributed by atoms with Gasteiger partial charge in [-0.15, -0.1) is 5.10 Å². The molecule has 0 aromatic carbocycles. The third kappa shape index (κ3) is 5.34. The van der Waals surface area contributed by atoms with Gasteiger partial charge >= 0.3 is 5.97 Å². The zero-order valence-corrected chi connectivity index (χ0v) is 12.0. The van der Waals surface area contributed by atoms with Crippen LogP contribution < -0.4 is 5.32 Å². The fourth-order valence-electron chi connectivity index (χ4n) is 1.79. The number of aryl methyl sites for hydroxylation is 1. The van der Waals surface area contributed by atoms with E-state index in [1.165, 1.54) is 0 Å². The van der Waals surface area contributed by atoms with Crippen LogP contribution in [0.3, 0.4) is 0 Å². The Hall–Kier alpha value is -1.50. The van der Waals surface area contributed by atoms with Gasteiger partial charge in [0, 0.05) is 13.0 Å². The molecule has 19 heavy (non-hydrogen) atoms. The molecule has 0 bridgehead atoms. The third-order valence-corrected chi connectivity index (χ3v) is 3.87. The monoisotopic (exact) mass is 285 g/mol. The predicted octanol–water partition coefficient (Wildman–Crippen LogP) is 1.86.